The molecule has 0 amide bonds. The summed E-state index contributed by atoms with van der Waals surface area (Å²) in [6, 6.07) is 12.6. The molecule has 0 aliphatic rings. The van der Waals surface area contributed by atoms with Gasteiger partial charge in [0.1, 0.15) is 11.6 Å². The third-order valence-corrected chi connectivity index (χ3v) is 2.71. The number of benzene rings is 2. The van der Waals surface area contributed by atoms with Gasteiger partial charge in [0.2, 0.25) is 6.10 Å². The Labute approximate surface area is 110 Å². The first-order valence-electron chi connectivity index (χ1n) is 5.78. The van der Waals surface area contributed by atoms with Gasteiger partial charge in [-0.15, -0.1) is 0 Å². The number of ether oxygens (including phenoxy) is 1. The van der Waals surface area contributed by atoms with Gasteiger partial charge in [0, 0.05) is 5.56 Å². The van der Waals surface area contributed by atoms with E-state index in [1.54, 1.807) is 37.3 Å². The number of carboxylic acid groups (broad SMARTS) is 1. The summed E-state index contributed by atoms with van der Waals surface area (Å²) in [4.78, 5) is 11.3. The third-order valence-electron chi connectivity index (χ3n) is 2.71. The van der Waals surface area contributed by atoms with Gasteiger partial charge >= 0.3 is 5.97 Å². The molecule has 19 heavy (non-hydrogen) atoms. The maximum absolute atomic E-state index is 13.0. The van der Waals surface area contributed by atoms with Gasteiger partial charge in [-0.1, -0.05) is 30.3 Å². The van der Waals surface area contributed by atoms with Crippen LogP contribution in [0.4, 0.5) is 4.39 Å². The molecule has 3 nitrogen and oxygen atoms in total. The molecule has 2 aromatic rings. The Hall–Kier alpha value is -2.36. The Morgan fingerprint density at radius 2 is 1.89 bits per heavy atom. The van der Waals surface area contributed by atoms with Crippen LogP contribution >= 0.6 is 0 Å². The Balaban J connectivity index is 2.29. The zero-order valence-corrected chi connectivity index (χ0v) is 10.3. The molecule has 2 rings (SSSR count). The molecular formula is C15H13FO3. The second-order valence-corrected chi connectivity index (χ2v) is 4.16. The van der Waals surface area contributed by atoms with Crippen LogP contribution in [0.25, 0.3) is 0 Å². The number of aliphatic carboxylic acids is 1. The first-order chi connectivity index (χ1) is 9.08. The lowest BCUT2D eigenvalue weighted by Gasteiger charge is -2.17. The van der Waals surface area contributed by atoms with Crippen molar-refractivity contribution in [3.8, 4) is 5.75 Å². The van der Waals surface area contributed by atoms with Crippen molar-refractivity contribution in [2.45, 2.75) is 13.0 Å². The van der Waals surface area contributed by atoms with Crippen molar-refractivity contribution < 1.29 is 19.0 Å². The van der Waals surface area contributed by atoms with Crippen LogP contribution in [0.2, 0.25) is 0 Å². The van der Waals surface area contributed by atoms with Gasteiger partial charge in [0.25, 0.3) is 0 Å². The Kier molecular flexibility index (Phi) is 3.80. The predicted octanol–water partition coefficient (Wildman–Crippen LogP) is 3.34. The van der Waals surface area contributed by atoms with Gasteiger partial charge in [-0.2, -0.15) is 0 Å². The van der Waals surface area contributed by atoms with E-state index in [2.05, 4.69) is 0 Å². The highest BCUT2D eigenvalue weighted by atomic mass is 19.1. The van der Waals surface area contributed by atoms with Gasteiger partial charge in [0.15, 0.2) is 0 Å². The topological polar surface area (TPSA) is 46.5 Å². The van der Waals surface area contributed by atoms with Crippen molar-refractivity contribution in [3.05, 3.63) is 65.5 Å². The second kappa shape index (κ2) is 5.52. The molecule has 4 heteroatoms. The van der Waals surface area contributed by atoms with Crippen LogP contribution in [0.1, 0.15) is 17.2 Å². The molecule has 0 aliphatic carbocycles. The van der Waals surface area contributed by atoms with E-state index < -0.39 is 12.1 Å². The molecule has 0 radical (unpaired) electrons. The largest absolute Gasteiger partial charge is 0.478 e. The van der Waals surface area contributed by atoms with Crippen LogP contribution in [0.5, 0.6) is 5.75 Å². The maximum atomic E-state index is 13.0. The van der Waals surface area contributed by atoms with Gasteiger partial charge in [-0.3, -0.25) is 0 Å². The minimum Gasteiger partial charge on any atom is -0.478 e. The fourth-order valence-electron chi connectivity index (χ4n) is 1.76. The Morgan fingerprint density at radius 3 is 2.47 bits per heavy atom. The lowest BCUT2D eigenvalue weighted by atomic mass is 10.1. The van der Waals surface area contributed by atoms with E-state index in [9.17, 15) is 14.3 Å². The van der Waals surface area contributed by atoms with Crippen molar-refractivity contribution in [2.75, 3.05) is 0 Å². The molecule has 0 aromatic heterocycles. The SMILES string of the molecule is Cc1cc(F)ccc1OC(C(=O)O)c1ccccc1. The summed E-state index contributed by atoms with van der Waals surface area (Å²) < 4.78 is 18.5. The summed E-state index contributed by atoms with van der Waals surface area (Å²) in [5.74, 6) is -1.11. The lowest BCUT2D eigenvalue weighted by Crippen LogP contribution is -2.18. The number of halogens is 1. The van der Waals surface area contributed by atoms with Crippen LogP contribution < -0.4 is 4.74 Å². The molecule has 1 N–H and O–H groups in total. The van der Waals surface area contributed by atoms with Crippen LogP contribution in [0.15, 0.2) is 48.5 Å². The number of hydrogen-bond donors (Lipinski definition) is 1. The summed E-state index contributed by atoms with van der Waals surface area (Å²) in [5.41, 5.74) is 1.10. The van der Waals surface area contributed by atoms with E-state index >= 15 is 0 Å². The molecule has 2 aromatic carbocycles. The van der Waals surface area contributed by atoms with E-state index in [4.69, 9.17) is 4.74 Å². The van der Waals surface area contributed by atoms with Gasteiger partial charge < -0.3 is 9.84 Å². The van der Waals surface area contributed by atoms with Gasteiger partial charge in [-0.25, -0.2) is 9.18 Å². The zero-order valence-electron chi connectivity index (χ0n) is 10.3. The van der Waals surface area contributed by atoms with Crippen molar-refractivity contribution in [1.29, 1.82) is 0 Å². The fourth-order valence-corrected chi connectivity index (χ4v) is 1.76. The third kappa shape index (κ3) is 3.10. The lowest BCUT2D eigenvalue weighted by molar-refractivity contribution is -0.145. The van der Waals surface area contributed by atoms with Crippen LogP contribution in [0, 0.1) is 12.7 Å². The van der Waals surface area contributed by atoms with Crippen LogP contribution in [0.3, 0.4) is 0 Å². The molecule has 0 fully saturated rings. The van der Waals surface area contributed by atoms with E-state index in [1.165, 1.54) is 18.2 Å². The first kappa shape index (κ1) is 13.1. The van der Waals surface area contributed by atoms with Crippen molar-refractivity contribution in [1.82, 2.24) is 0 Å². The average Bonchev–Trinajstić information content (AvgIpc) is 2.38. The van der Waals surface area contributed by atoms with Gasteiger partial charge in [-0.05, 0) is 30.7 Å². The van der Waals surface area contributed by atoms with E-state index in [0.717, 1.165) is 0 Å². The summed E-state index contributed by atoms with van der Waals surface area (Å²) in [6.07, 6.45) is -1.11. The smallest absolute Gasteiger partial charge is 0.349 e. The molecular weight excluding hydrogens is 247 g/mol. The molecule has 98 valence electrons. The number of aryl methyl sites for hydroxylation is 1. The molecule has 0 aliphatic heterocycles. The second-order valence-electron chi connectivity index (χ2n) is 4.16. The molecule has 1 atom stereocenters. The molecule has 0 heterocycles. The summed E-state index contributed by atoms with van der Waals surface area (Å²) in [5, 5.41) is 9.23. The fraction of sp³-hybridized carbons (Fsp3) is 0.133. The number of hydrogen-bond acceptors (Lipinski definition) is 2. The molecule has 0 saturated carbocycles. The van der Waals surface area contributed by atoms with E-state index in [-0.39, 0.29) is 5.82 Å². The van der Waals surface area contributed by atoms with Crippen molar-refractivity contribution >= 4 is 5.97 Å². The monoisotopic (exact) mass is 260 g/mol. The highest BCUT2D eigenvalue weighted by molar-refractivity contribution is 5.74. The highest BCUT2D eigenvalue weighted by Crippen LogP contribution is 2.25. The molecule has 0 bridgehead atoms. The van der Waals surface area contributed by atoms with Crippen molar-refractivity contribution in [2.24, 2.45) is 0 Å². The van der Waals surface area contributed by atoms with Crippen molar-refractivity contribution in [3.63, 3.8) is 0 Å². The summed E-state index contributed by atoms with van der Waals surface area (Å²) in [6.45, 7) is 1.67. The van der Waals surface area contributed by atoms with Crippen LogP contribution in [-0.2, 0) is 4.79 Å². The molecule has 1 unspecified atom stereocenters. The molecule has 0 saturated heterocycles. The standard InChI is InChI=1S/C15H13FO3/c1-10-9-12(16)7-8-13(10)19-14(15(17)18)11-5-3-2-4-6-11/h2-9,14H,1H3,(H,17,18). The quantitative estimate of drug-likeness (QED) is 0.917. The Morgan fingerprint density at radius 1 is 1.21 bits per heavy atom. The first-order valence-corrected chi connectivity index (χ1v) is 5.78. The predicted molar refractivity (Wildman–Crippen MR) is 68.6 cm³/mol. The number of rotatable bonds is 4. The average molecular weight is 260 g/mol. The number of carbonyl (C=O) groups is 1. The van der Waals surface area contributed by atoms with E-state index in [0.29, 0.717) is 16.9 Å². The Bertz CT molecular complexity index is 581. The highest BCUT2D eigenvalue weighted by Gasteiger charge is 2.22. The van der Waals surface area contributed by atoms with E-state index in [1.807, 2.05) is 0 Å². The van der Waals surface area contributed by atoms with Gasteiger partial charge in [0.05, 0.1) is 0 Å². The minimum absolute atomic E-state index is 0.359. The zero-order chi connectivity index (χ0) is 13.8. The number of carboxylic acids is 1. The summed E-state index contributed by atoms with van der Waals surface area (Å²) >= 11 is 0. The minimum atomic E-state index is -1.11. The molecule has 0 spiro atoms. The summed E-state index contributed by atoms with van der Waals surface area (Å²) in [7, 11) is 0. The van der Waals surface area contributed by atoms with Crippen LogP contribution in [-0.4, -0.2) is 11.1 Å². The maximum Gasteiger partial charge on any atom is 0.349 e. The normalized spacial score (nSPS) is 11.9.